The molecule has 0 radical (unpaired) electrons. The fourth-order valence-corrected chi connectivity index (χ4v) is 3.64. The Labute approximate surface area is 184 Å². The van der Waals surface area contributed by atoms with E-state index in [0.717, 1.165) is 0 Å². The number of nitrogens with zero attached hydrogens (tertiary/aromatic N) is 1. The zero-order valence-corrected chi connectivity index (χ0v) is 17.7. The number of carboxylic acids is 1. The number of aromatic nitrogens is 1. The molecule has 0 bridgehead atoms. The molecule has 9 heteroatoms. The van der Waals surface area contributed by atoms with Crippen LogP contribution in [0, 0.1) is 6.92 Å². The number of amides is 1. The van der Waals surface area contributed by atoms with Gasteiger partial charge in [0.1, 0.15) is 31.1 Å². The van der Waals surface area contributed by atoms with Gasteiger partial charge < -0.3 is 30.4 Å². The fraction of sp³-hybridized carbons (Fsp3) is 0.261. The number of fused-ring (bicyclic) bond motifs is 2. The van der Waals surface area contributed by atoms with Crippen LogP contribution in [0.5, 0.6) is 17.2 Å². The first kappa shape index (κ1) is 21.2. The fourth-order valence-electron chi connectivity index (χ4n) is 3.64. The smallest absolute Gasteiger partial charge is 0.339 e. The van der Waals surface area contributed by atoms with Crippen LogP contribution in [-0.4, -0.2) is 47.8 Å². The van der Waals surface area contributed by atoms with Crippen LogP contribution < -0.4 is 25.3 Å². The van der Waals surface area contributed by atoms with E-state index >= 15 is 0 Å². The minimum atomic E-state index is -1.15. The Morgan fingerprint density at radius 3 is 2.75 bits per heavy atom. The monoisotopic (exact) mass is 437 g/mol. The first-order valence-electron chi connectivity index (χ1n) is 10.1. The molecule has 166 valence electrons. The number of carbonyl (C=O) groups excluding carboxylic acids is 1. The standard InChI is InChI=1S/C23H23N3O6/c1-12(25-22(27)14-5-3-8-17-21(14)31-10-9-30-17)11-32-16-7-4-6-15-19(16)20(24)18(23(28)29)13(2)26-15/h3-8,12H,9-11H2,1-2H3,(H2,24,26)(H,25,27)(H,28,29)/t12-/m1/s1. The minimum Gasteiger partial charge on any atom is -0.491 e. The lowest BCUT2D eigenvalue weighted by Gasteiger charge is -2.22. The Balaban J connectivity index is 1.51. The van der Waals surface area contributed by atoms with Crippen molar-refractivity contribution < 1.29 is 28.9 Å². The molecule has 32 heavy (non-hydrogen) atoms. The number of para-hydroxylation sites is 1. The first-order valence-corrected chi connectivity index (χ1v) is 10.1. The number of hydrogen-bond acceptors (Lipinski definition) is 7. The maximum absolute atomic E-state index is 12.8. The van der Waals surface area contributed by atoms with Gasteiger partial charge in [0.05, 0.1) is 33.9 Å². The molecule has 9 nitrogen and oxygen atoms in total. The van der Waals surface area contributed by atoms with Gasteiger partial charge in [0.25, 0.3) is 5.91 Å². The molecule has 1 aliphatic heterocycles. The van der Waals surface area contributed by atoms with Gasteiger partial charge in [0.15, 0.2) is 11.5 Å². The zero-order valence-electron chi connectivity index (χ0n) is 17.7. The first-order chi connectivity index (χ1) is 15.4. The van der Waals surface area contributed by atoms with E-state index in [1.807, 2.05) is 0 Å². The molecule has 0 saturated heterocycles. The Morgan fingerprint density at radius 1 is 1.22 bits per heavy atom. The molecule has 1 aromatic heterocycles. The molecule has 4 N–H and O–H groups in total. The van der Waals surface area contributed by atoms with E-state index in [4.69, 9.17) is 19.9 Å². The van der Waals surface area contributed by atoms with E-state index < -0.39 is 5.97 Å². The second kappa shape index (κ2) is 8.62. The highest BCUT2D eigenvalue weighted by atomic mass is 16.6. The topological polar surface area (TPSA) is 133 Å². The van der Waals surface area contributed by atoms with Crippen molar-refractivity contribution in [2.45, 2.75) is 19.9 Å². The third kappa shape index (κ3) is 3.96. The summed E-state index contributed by atoms with van der Waals surface area (Å²) < 4.78 is 17.0. The number of aromatic carboxylic acids is 1. The van der Waals surface area contributed by atoms with Crippen LogP contribution >= 0.6 is 0 Å². The van der Waals surface area contributed by atoms with Crippen molar-refractivity contribution in [2.24, 2.45) is 0 Å². The van der Waals surface area contributed by atoms with Crippen molar-refractivity contribution in [1.82, 2.24) is 10.3 Å². The van der Waals surface area contributed by atoms with Crippen LogP contribution in [0.3, 0.4) is 0 Å². The predicted molar refractivity (Wildman–Crippen MR) is 118 cm³/mol. The number of nitrogens with two attached hydrogens (primary N) is 1. The molecule has 0 fully saturated rings. The van der Waals surface area contributed by atoms with Crippen molar-refractivity contribution in [3.63, 3.8) is 0 Å². The highest BCUT2D eigenvalue weighted by Gasteiger charge is 2.22. The predicted octanol–water partition coefficient (Wildman–Crippen LogP) is 2.79. The summed E-state index contributed by atoms with van der Waals surface area (Å²) in [6, 6.07) is 9.97. The largest absolute Gasteiger partial charge is 0.491 e. The van der Waals surface area contributed by atoms with Crippen LogP contribution in [0.2, 0.25) is 0 Å². The molecule has 1 amide bonds. The van der Waals surface area contributed by atoms with Gasteiger partial charge in [0, 0.05) is 0 Å². The molecular formula is C23H23N3O6. The lowest BCUT2D eigenvalue weighted by atomic mass is 10.1. The summed E-state index contributed by atoms with van der Waals surface area (Å²) in [5.74, 6) is -0.108. The van der Waals surface area contributed by atoms with E-state index in [9.17, 15) is 14.7 Å². The number of aryl methyl sites for hydroxylation is 1. The third-order valence-electron chi connectivity index (χ3n) is 5.08. The normalized spacial score (nSPS) is 13.4. The summed E-state index contributed by atoms with van der Waals surface area (Å²) in [5, 5.41) is 12.8. The van der Waals surface area contributed by atoms with Gasteiger partial charge in [-0.15, -0.1) is 0 Å². The van der Waals surface area contributed by atoms with Crippen LogP contribution in [-0.2, 0) is 0 Å². The number of nitrogen functional groups attached to an aromatic ring is 1. The molecular weight excluding hydrogens is 414 g/mol. The number of carbonyl (C=O) groups is 2. The SMILES string of the molecule is Cc1nc2cccc(OC[C@@H](C)NC(=O)c3cccc4c3OCCO4)c2c(N)c1C(=O)O. The molecule has 0 spiro atoms. The third-order valence-corrected chi connectivity index (χ3v) is 5.08. The second-order valence-corrected chi connectivity index (χ2v) is 7.46. The van der Waals surface area contributed by atoms with Gasteiger partial charge in [-0.2, -0.15) is 0 Å². The molecule has 2 heterocycles. The highest BCUT2D eigenvalue weighted by Crippen LogP contribution is 2.34. The van der Waals surface area contributed by atoms with Gasteiger partial charge in [0.2, 0.25) is 0 Å². The summed E-state index contributed by atoms with van der Waals surface area (Å²) in [7, 11) is 0. The van der Waals surface area contributed by atoms with E-state index in [1.54, 1.807) is 50.2 Å². The zero-order chi connectivity index (χ0) is 22.8. The van der Waals surface area contributed by atoms with E-state index in [0.29, 0.717) is 52.6 Å². The van der Waals surface area contributed by atoms with Gasteiger partial charge in [-0.1, -0.05) is 12.1 Å². The maximum atomic E-state index is 12.8. The summed E-state index contributed by atoms with van der Waals surface area (Å²) in [6.45, 7) is 4.34. The Kier molecular flexibility index (Phi) is 5.72. The van der Waals surface area contributed by atoms with E-state index in [-0.39, 0.29) is 29.8 Å². The van der Waals surface area contributed by atoms with Crippen molar-refractivity contribution >= 4 is 28.5 Å². The number of carboxylic acid groups (broad SMARTS) is 1. The highest BCUT2D eigenvalue weighted by molar-refractivity contribution is 6.06. The average Bonchev–Trinajstić information content (AvgIpc) is 2.76. The number of ether oxygens (including phenoxy) is 3. The lowest BCUT2D eigenvalue weighted by molar-refractivity contribution is 0.0696. The molecule has 0 saturated carbocycles. The molecule has 0 unspecified atom stereocenters. The molecule has 3 aromatic rings. The van der Waals surface area contributed by atoms with Gasteiger partial charge in [-0.05, 0) is 38.1 Å². The van der Waals surface area contributed by atoms with Crippen molar-refractivity contribution in [1.29, 1.82) is 0 Å². The van der Waals surface area contributed by atoms with E-state index in [1.165, 1.54) is 0 Å². The summed E-state index contributed by atoms with van der Waals surface area (Å²) in [4.78, 5) is 28.7. The van der Waals surface area contributed by atoms with Gasteiger partial charge in [-0.3, -0.25) is 9.78 Å². The number of benzene rings is 2. The Morgan fingerprint density at radius 2 is 1.97 bits per heavy atom. The number of pyridine rings is 1. The molecule has 1 atom stereocenters. The lowest BCUT2D eigenvalue weighted by Crippen LogP contribution is -2.37. The summed E-state index contributed by atoms with van der Waals surface area (Å²) in [5.41, 5.74) is 7.45. The number of nitrogens with one attached hydrogen (secondary N) is 1. The molecule has 0 aliphatic carbocycles. The Bertz CT molecular complexity index is 1210. The van der Waals surface area contributed by atoms with Crippen LogP contribution in [0.4, 0.5) is 5.69 Å². The van der Waals surface area contributed by atoms with Crippen LogP contribution in [0.25, 0.3) is 10.9 Å². The van der Waals surface area contributed by atoms with Crippen molar-refractivity contribution in [3.8, 4) is 17.2 Å². The van der Waals surface area contributed by atoms with E-state index in [2.05, 4.69) is 10.3 Å². The number of hydrogen-bond donors (Lipinski definition) is 3. The summed E-state index contributed by atoms with van der Waals surface area (Å²) >= 11 is 0. The number of anilines is 1. The molecule has 2 aromatic carbocycles. The van der Waals surface area contributed by atoms with Gasteiger partial charge in [-0.25, -0.2) is 4.79 Å². The Hall–Kier alpha value is -4.01. The van der Waals surface area contributed by atoms with Crippen molar-refractivity contribution in [3.05, 3.63) is 53.2 Å². The molecule has 1 aliphatic rings. The van der Waals surface area contributed by atoms with Crippen LogP contribution in [0.15, 0.2) is 36.4 Å². The summed E-state index contributed by atoms with van der Waals surface area (Å²) in [6.07, 6.45) is 0. The van der Waals surface area contributed by atoms with Gasteiger partial charge >= 0.3 is 5.97 Å². The molecule has 4 rings (SSSR count). The van der Waals surface area contributed by atoms with Crippen LogP contribution in [0.1, 0.15) is 33.3 Å². The number of rotatable bonds is 6. The minimum absolute atomic E-state index is 0.0500. The van der Waals surface area contributed by atoms with Crippen molar-refractivity contribution in [2.75, 3.05) is 25.6 Å². The average molecular weight is 437 g/mol. The maximum Gasteiger partial charge on any atom is 0.339 e. The quantitative estimate of drug-likeness (QED) is 0.536. The second-order valence-electron chi connectivity index (χ2n) is 7.46.